The van der Waals surface area contributed by atoms with E-state index >= 15 is 0 Å². The fourth-order valence-electron chi connectivity index (χ4n) is 4.70. The van der Waals surface area contributed by atoms with Crippen molar-refractivity contribution in [2.75, 3.05) is 0 Å². The van der Waals surface area contributed by atoms with Crippen LogP contribution in [0.15, 0.2) is 102 Å². The van der Waals surface area contributed by atoms with Gasteiger partial charge < -0.3 is 0 Å². The molecule has 0 unspecified atom stereocenters. The van der Waals surface area contributed by atoms with Gasteiger partial charge in [-0.15, -0.1) is 0 Å². The molecule has 0 fully saturated rings. The van der Waals surface area contributed by atoms with Crippen molar-refractivity contribution in [3.05, 3.63) is 107 Å². The highest BCUT2D eigenvalue weighted by Gasteiger charge is 2.16. The summed E-state index contributed by atoms with van der Waals surface area (Å²) in [6.07, 6.45) is 0. The Morgan fingerprint density at radius 3 is 1.60 bits per heavy atom. The van der Waals surface area contributed by atoms with Gasteiger partial charge in [0.15, 0.2) is 0 Å². The minimum Gasteiger partial charge on any atom is -0.0610 e. The molecule has 6 aromatic carbocycles. The lowest BCUT2D eigenvalue weighted by Gasteiger charge is -2.18. The zero-order valence-electron chi connectivity index (χ0n) is 16.6. The molecule has 0 bridgehead atoms. The highest BCUT2D eigenvalue weighted by Crippen LogP contribution is 2.43. The summed E-state index contributed by atoms with van der Waals surface area (Å²) >= 11 is 3.57. The molecule has 0 N–H and O–H groups in total. The van der Waals surface area contributed by atoms with E-state index in [1.165, 1.54) is 60.1 Å². The van der Waals surface area contributed by atoms with Crippen LogP contribution in [0.1, 0.15) is 5.56 Å². The Balaban J connectivity index is 1.78. The van der Waals surface area contributed by atoms with Crippen LogP contribution in [0.5, 0.6) is 0 Å². The third kappa shape index (κ3) is 2.66. The lowest BCUT2D eigenvalue weighted by molar-refractivity contribution is 1.47. The van der Waals surface area contributed by atoms with E-state index in [9.17, 15) is 0 Å². The van der Waals surface area contributed by atoms with Gasteiger partial charge in [-0.05, 0) is 85.8 Å². The fraction of sp³-hybridized carbons (Fsp3) is 0.0345. The first-order valence-electron chi connectivity index (χ1n) is 10.2. The van der Waals surface area contributed by atoms with Crippen molar-refractivity contribution in [1.82, 2.24) is 0 Å². The van der Waals surface area contributed by atoms with Crippen LogP contribution in [0.3, 0.4) is 0 Å². The predicted molar refractivity (Wildman–Crippen MR) is 133 cm³/mol. The van der Waals surface area contributed by atoms with Gasteiger partial charge >= 0.3 is 0 Å². The summed E-state index contributed by atoms with van der Waals surface area (Å²) in [5.41, 5.74) is 6.38. The average Bonchev–Trinajstić information content (AvgIpc) is 2.78. The monoisotopic (exact) mass is 446 g/mol. The second kappa shape index (κ2) is 6.68. The van der Waals surface area contributed by atoms with Crippen LogP contribution in [-0.4, -0.2) is 0 Å². The number of halogens is 1. The second-order valence-corrected chi connectivity index (χ2v) is 8.94. The first kappa shape index (κ1) is 17.7. The molecule has 0 radical (unpaired) electrons. The van der Waals surface area contributed by atoms with Gasteiger partial charge in [0, 0.05) is 4.47 Å². The lowest BCUT2D eigenvalue weighted by atomic mass is 9.86. The lowest BCUT2D eigenvalue weighted by Crippen LogP contribution is -1.90. The van der Waals surface area contributed by atoms with Crippen LogP contribution in [0, 0.1) is 6.92 Å². The van der Waals surface area contributed by atoms with Crippen molar-refractivity contribution in [2.45, 2.75) is 6.92 Å². The summed E-state index contributed by atoms with van der Waals surface area (Å²) in [4.78, 5) is 0. The van der Waals surface area contributed by atoms with Gasteiger partial charge in [-0.2, -0.15) is 0 Å². The molecule has 0 spiro atoms. The molecule has 0 saturated heterocycles. The van der Waals surface area contributed by atoms with E-state index in [1.54, 1.807) is 0 Å². The van der Waals surface area contributed by atoms with Crippen molar-refractivity contribution >= 4 is 48.2 Å². The van der Waals surface area contributed by atoms with Gasteiger partial charge in [-0.25, -0.2) is 0 Å². The van der Waals surface area contributed by atoms with Crippen molar-refractivity contribution < 1.29 is 0 Å². The normalized spacial score (nSPS) is 11.7. The molecule has 6 aromatic rings. The SMILES string of the molecule is Cc1ccc(-c2cc3cccc4cc(-c5ccc(Br)cc5)c5cccc2c5c34)cc1. The molecular weight excluding hydrogens is 428 g/mol. The van der Waals surface area contributed by atoms with Crippen LogP contribution in [0.2, 0.25) is 0 Å². The molecular formula is C29H19Br. The molecule has 30 heavy (non-hydrogen) atoms. The van der Waals surface area contributed by atoms with Crippen LogP contribution in [-0.2, 0) is 0 Å². The van der Waals surface area contributed by atoms with E-state index < -0.39 is 0 Å². The summed E-state index contributed by atoms with van der Waals surface area (Å²) in [6, 6.07) is 35.6. The molecule has 142 valence electrons. The van der Waals surface area contributed by atoms with Gasteiger partial charge in [0.05, 0.1) is 0 Å². The summed E-state index contributed by atoms with van der Waals surface area (Å²) in [5, 5.41) is 7.95. The van der Waals surface area contributed by atoms with Gasteiger partial charge in [-0.1, -0.05) is 94.3 Å². The minimum absolute atomic E-state index is 1.10. The van der Waals surface area contributed by atoms with Crippen LogP contribution in [0.25, 0.3) is 54.6 Å². The summed E-state index contributed by atoms with van der Waals surface area (Å²) in [7, 11) is 0. The average molecular weight is 447 g/mol. The third-order valence-electron chi connectivity index (χ3n) is 6.14. The standard InChI is InChI=1S/C29H19Br/c1-18-8-10-19(11-9-18)26-16-21-4-2-5-22-17-27(20-12-14-23(30)15-13-20)25-7-3-6-24(26)29(25)28(21)22/h2-17H,1H3. The molecule has 0 aliphatic rings. The van der Waals surface area contributed by atoms with Crippen molar-refractivity contribution in [3.63, 3.8) is 0 Å². The Labute approximate surface area is 184 Å². The Morgan fingerprint density at radius 2 is 1.03 bits per heavy atom. The van der Waals surface area contributed by atoms with E-state index in [1.807, 2.05) is 0 Å². The van der Waals surface area contributed by atoms with Crippen molar-refractivity contribution in [1.29, 1.82) is 0 Å². The van der Waals surface area contributed by atoms with Crippen molar-refractivity contribution in [2.24, 2.45) is 0 Å². The first-order valence-corrected chi connectivity index (χ1v) is 11.0. The molecule has 0 aromatic heterocycles. The van der Waals surface area contributed by atoms with Gasteiger partial charge in [0.1, 0.15) is 0 Å². The maximum absolute atomic E-state index is 3.57. The Kier molecular flexibility index (Phi) is 3.94. The number of aryl methyl sites for hydroxylation is 1. The van der Waals surface area contributed by atoms with Gasteiger partial charge in [0.2, 0.25) is 0 Å². The van der Waals surface area contributed by atoms with Gasteiger partial charge in [0.25, 0.3) is 0 Å². The quantitative estimate of drug-likeness (QED) is 0.232. The molecule has 0 atom stereocenters. The highest BCUT2D eigenvalue weighted by molar-refractivity contribution is 9.10. The Hall–Kier alpha value is -3.16. The molecule has 0 aliphatic carbocycles. The van der Waals surface area contributed by atoms with Crippen LogP contribution >= 0.6 is 15.9 Å². The molecule has 0 aliphatic heterocycles. The van der Waals surface area contributed by atoms with Crippen molar-refractivity contribution in [3.8, 4) is 22.3 Å². The number of rotatable bonds is 2. The maximum atomic E-state index is 3.57. The Bertz CT molecular complexity index is 1410. The minimum atomic E-state index is 1.10. The van der Waals surface area contributed by atoms with E-state index in [0.717, 1.165) is 4.47 Å². The first-order chi connectivity index (χ1) is 14.7. The van der Waals surface area contributed by atoms with Gasteiger partial charge in [-0.3, -0.25) is 0 Å². The molecule has 0 amide bonds. The Morgan fingerprint density at radius 1 is 0.533 bits per heavy atom. The molecule has 0 saturated carbocycles. The smallest absolute Gasteiger partial charge is 0.0175 e. The number of benzene rings is 6. The maximum Gasteiger partial charge on any atom is 0.0175 e. The number of hydrogen-bond acceptors (Lipinski definition) is 0. The second-order valence-electron chi connectivity index (χ2n) is 8.03. The van der Waals surface area contributed by atoms with E-state index in [2.05, 4.69) is 120 Å². The third-order valence-corrected chi connectivity index (χ3v) is 6.67. The van der Waals surface area contributed by atoms with E-state index in [0.29, 0.717) is 0 Å². The zero-order chi connectivity index (χ0) is 20.2. The fourth-order valence-corrected chi connectivity index (χ4v) is 4.96. The molecule has 6 rings (SSSR count). The topological polar surface area (TPSA) is 0 Å². The predicted octanol–water partition coefficient (Wildman–Crippen LogP) is 8.99. The molecule has 1 heteroatoms. The largest absolute Gasteiger partial charge is 0.0610 e. The molecule has 0 heterocycles. The summed E-state index contributed by atoms with van der Waals surface area (Å²) in [6.45, 7) is 2.14. The molecule has 0 nitrogen and oxygen atoms in total. The van der Waals surface area contributed by atoms with E-state index in [-0.39, 0.29) is 0 Å². The zero-order valence-corrected chi connectivity index (χ0v) is 18.2. The van der Waals surface area contributed by atoms with E-state index in [4.69, 9.17) is 0 Å². The summed E-state index contributed by atoms with van der Waals surface area (Å²) < 4.78 is 1.10. The number of hydrogen-bond donors (Lipinski definition) is 0. The van der Waals surface area contributed by atoms with Crippen LogP contribution < -0.4 is 0 Å². The van der Waals surface area contributed by atoms with Crippen LogP contribution in [0.4, 0.5) is 0 Å². The highest BCUT2D eigenvalue weighted by atomic mass is 79.9. The summed E-state index contributed by atoms with van der Waals surface area (Å²) in [5.74, 6) is 0.